The third kappa shape index (κ3) is 5.90. The number of amides is 1. The van der Waals surface area contributed by atoms with Crippen LogP contribution in [0.15, 0.2) is 0 Å². The van der Waals surface area contributed by atoms with Gasteiger partial charge >= 0.3 is 12.1 Å². The number of alkyl carbamates (subject to hydrolysis) is 1. The fraction of sp³-hybridized carbons (Fsp3) is 0.778. The zero-order valence-corrected chi connectivity index (χ0v) is 9.33. The van der Waals surface area contributed by atoms with Gasteiger partial charge in [-0.2, -0.15) is 0 Å². The van der Waals surface area contributed by atoms with Crippen molar-refractivity contribution in [1.82, 2.24) is 5.32 Å². The first-order valence-electron chi connectivity index (χ1n) is 4.45. The SMILES string of the molecule is COC(=O)[C@@H](C[O-])NC(=O)OC(C)(C)C. The fourth-order valence-electron chi connectivity index (χ4n) is 0.761. The number of hydrogen-bond donors (Lipinski definition) is 1. The summed E-state index contributed by atoms with van der Waals surface area (Å²) < 4.78 is 9.19. The summed E-state index contributed by atoms with van der Waals surface area (Å²) in [7, 11) is 1.14. The molecule has 1 atom stereocenters. The van der Waals surface area contributed by atoms with E-state index in [1.54, 1.807) is 20.8 Å². The van der Waals surface area contributed by atoms with Crippen molar-refractivity contribution in [3.63, 3.8) is 0 Å². The zero-order chi connectivity index (χ0) is 12.1. The largest absolute Gasteiger partial charge is 0.853 e. The Balaban J connectivity index is 4.20. The second-order valence-corrected chi connectivity index (χ2v) is 3.89. The molecule has 0 rings (SSSR count). The van der Waals surface area contributed by atoms with Gasteiger partial charge in [-0.05, 0) is 20.8 Å². The molecule has 0 aromatic rings. The van der Waals surface area contributed by atoms with Gasteiger partial charge in [0.1, 0.15) is 11.6 Å². The van der Waals surface area contributed by atoms with Crippen molar-refractivity contribution >= 4 is 12.1 Å². The molecule has 1 amide bonds. The highest BCUT2D eigenvalue weighted by atomic mass is 16.6. The maximum atomic E-state index is 11.2. The molecule has 1 N–H and O–H groups in total. The number of methoxy groups -OCH3 is 1. The van der Waals surface area contributed by atoms with Gasteiger partial charge in [0.05, 0.1) is 7.11 Å². The molecule has 0 unspecified atom stereocenters. The summed E-state index contributed by atoms with van der Waals surface area (Å²) in [6, 6.07) is -1.20. The Morgan fingerprint density at radius 1 is 1.40 bits per heavy atom. The molecule has 0 saturated heterocycles. The molecule has 0 aliphatic carbocycles. The predicted molar refractivity (Wildman–Crippen MR) is 50.0 cm³/mol. The van der Waals surface area contributed by atoms with Crippen LogP contribution in [0, 0.1) is 0 Å². The van der Waals surface area contributed by atoms with Crippen LogP contribution in [0.3, 0.4) is 0 Å². The molecule has 0 aliphatic heterocycles. The summed E-state index contributed by atoms with van der Waals surface area (Å²) in [5, 5.41) is 12.7. The van der Waals surface area contributed by atoms with Crippen molar-refractivity contribution in [1.29, 1.82) is 0 Å². The van der Waals surface area contributed by atoms with Crippen molar-refractivity contribution < 1.29 is 24.2 Å². The summed E-state index contributed by atoms with van der Waals surface area (Å²) >= 11 is 0. The van der Waals surface area contributed by atoms with Crippen molar-refractivity contribution in [3.8, 4) is 0 Å². The van der Waals surface area contributed by atoms with Gasteiger partial charge in [0.2, 0.25) is 0 Å². The van der Waals surface area contributed by atoms with Crippen LogP contribution in [0.5, 0.6) is 0 Å². The predicted octanol–water partition coefficient (Wildman–Crippen LogP) is -0.587. The van der Waals surface area contributed by atoms with E-state index in [2.05, 4.69) is 10.1 Å². The van der Waals surface area contributed by atoms with E-state index in [0.29, 0.717) is 0 Å². The van der Waals surface area contributed by atoms with Crippen LogP contribution >= 0.6 is 0 Å². The molecule has 0 saturated carbocycles. The molecule has 0 heterocycles. The van der Waals surface area contributed by atoms with Crippen LogP contribution < -0.4 is 10.4 Å². The van der Waals surface area contributed by atoms with Gasteiger partial charge in [-0.1, -0.05) is 0 Å². The minimum atomic E-state index is -1.20. The smallest absolute Gasteiger partial charge is 0.408 e. The van der Waals surface area contributed by atoms with E-state index in [0.717, 1.165) is 7.11 Å². The van der Waals surface area contributed by atoms with Crippen molar-refractivity contribution in [2.45, 2.75) is 32.4 Å². The molecular formula is C9H16NO5-. The van der Waals surface area contributed by atoms with Crippen LogP contribution in [0.1, 0.15) is 20.8 Å². The number of esters is 1. The van der Waals surface area contributed by atoms with Gasteiger partial charge in [-0.25, -0.2) is 9.59 Å². The highest BCUT2D eigenvalue weighted by molar-refractivity contribution is 5.81. The van der Waals surface area contributed by atoms with Gasteiger partial charge in [0, 0.05) is 0 Å². The highest BCUT2D eigenvalue weighted by Gasteiger charge is 2.21. The van der Waals surface area contributed by atoms with E-state index in [4.69, 9.17) is 4.74 Å². The van der Waals surface area contributed by atoms with Gasteiger partial charge in [0.15, 0.2) is 0 Å². The molecule has 0 aromatic carbocycles. The highest BCUT2D eigenvalue weighted by Crippen LogP contribution is 2.06. The summed E-state index contributed by atoms with van der Waals surface area (Å²) in [6.07, 6.45) is -0.811. The van der Waals surface area contributed by atoms with Crippen molar-refractivity contribution in [2.24, 2.45) is 0 Å². The monoisotopic (exact) mass is 218 g/mol. The number of ether oxygens (including phenoxy) is 2. The summed E-state index contributed by atoms with van der Waals surface area (Å²) in [5.41, 5.74) is -0.673. The molecule has 0 fully saturated rings. The number of nitrogens with one attached hydrogen (secondary N) is 1. The third-order valence-electron chi connectivity index (χ3n) is 1.34. The molecule has 15 heavy (non-hydrogen) atoms. The Labute approximate surface area is 88.6 Å². The standard InChI is InChI=1S/C9H16NO5/c1-9(2,3)15-8(13)10-6(5-11)7(12)14-4/h6H,5H2,1-4H3,(H,10,13)/q-1/t6-/m1/s1. The molecular weight excluding hydrogens is 202 g/mol. The van der Waals surface area contributed by atoms with E-state index in [1.807, 2.05) is 0 Å². The quantitative estimate of drug-likeness (QED) is 0.640. The average Bonchev–Trinajstić information content (AvgIpc) is 2.10. The lowest BCUT2D eigenvalue weighted by atomic mass is 10.2. The summed E-state index contributed by atoms with van der Waals surface area (Å²) in [6.45, 7) is 4.25. The van der Waals surface area contributed by atoms with Gasteiger partial charge in [-0.15, -0.1) is 6.61 Å². The minimum absolute atomic E-state index is 0.673. The normalized spacial score (nSPS) is 12.9. The summed E-state index contributed by atoms with van der Waals surface area (Å²) in [5.74, 6) is -0.782. The molecule has 0 aromatic heterocycles. The molecule has 0 radical (unpaired) electrons. The third-order valence-corrected chi connectivity index (χ3v) is 1.34. The number of hydrogen-bond acceptors (Lipinski definition) is 5. The number of rotatable bonds is 3. The second kappa shape index (κ2) is 5.55. The van der Waals surface area contributed by atoms with E-state index in [9.17, 15) is 14.7 Å². The molecule has 6 nitrogen and oxygen atoms in total. The Morgan fingerprint density at radius 2 is 1.93 bits per heavy atom. The number of carbonyl (C=O) groups excluding carboxylic acids is 2. The van der Waals surface area contributed by atoms with Crippen LogP contribution in [0.25, 0.3) is 0 Å². The van der Waals surface area contributed by atoms with Gasteiger partial charge < -0.3 is 19.9 Å². The number of carbonyl (C=O) groups is 2. The maximum absolute atomic E-state index is 11.2. The van der Waals surface area contributed by atoms with Crippen LogP contribution in [-0.4, -0.2) is 37.4 Å². The van der Waals surface area contributed by atoms with E-state index < -0.39 is 30.3 Å². The van der Waals surface area contributed by atoms with Gasteiger partial charge in [-0.3, -0.25) is 0 Å². The van der Waals surface area contributed by atoms with Crippen LogP contribution in [0.4, 0.5) is 4.79 Å². The first kappa shape index (κ1) is 13.7. The molecule has 6 heteroatoms. The molecule has 0 aliphatic rings. The van der Waals surface area contributed by atoms with E-state index in [-0.39, 0.29) is 0 Å². The van der Waals surface area contributed by atoms with Crippen molar-refractivity contribution in [3.05, 3.63) is 0 Å². The molecule has 0 spiro atoms. The van der Waals surface area contributed by atoms with Gasteiger partial charge in [0.25, 0.3) is 0 Å². The Kier molecular flexibility index (Phi) is 5.07. The van der Waals surface area contributed by atoms with Crippen molar-refractivity contribution in [2.75, 3.05) is 13.7 Å². The van der Waals surface area contributed by atoms with E-state index in [1.165, 1.54) is 0 Å². The fourth-order valence-corrected chi connectivity index (χ4v) is 0.761. The Morgan fingerprint density at radius 3 is 2.27 bits per heavy atom. The summed E-state index contributed by atoms with van der Waals surface area (Å²) in [4.78, 5) is 22.1. The second-order valence-electron chi connectivity index (χ2n) is 3.89. The average molecular weight is 218 g/mol. The van der Waals surface area contributed by atoms with Crippen LogP contribution in [-0.2, 0) is 14.3 Å². The Hall–Kier alpha value is -1.30. The topological polar surface area (TPSA) is 87.7 Å². The van der Waals surface area contributed by atoms with E-state index >= 15 is 0 Å². The zero-order valence-electron chi connectivity index (χ0n) is 9.33. The van der Waals surface area contributed by atoms with Crippen LogP contribution in [0.2, 0.25) is 0 Å². The lowest BCUT2D eigenvalue weighted by molar-refractivity contribution is -0.370. The Bertz CT molecular complexity index is 233. The lowest BCUT2D eigenvalue weighted by Crippen LogP contribution is -2.48. The molecule has 0 bridgehead atoms. The first-order valence-corrected chi connectivity index (χ1v) is 4.45. The molecule has 88 valence electrons. The maximum Gasteiger partial charge on any atom is 0.408 e. The lowest BCUT2D eigenvalue weighted by Gasteiger charge is -2.23. The minimum Gasteiger partial charge on any atom is -0.853 e. The first-order chi connectivity index (χ1) is 6.80.